The minimum absolute atomic E-state index is 0.0160. The van der Waals surface area contributed by atoms with Gasteiger partial charge in [0, 0.05) is 5.56 Å². The van der Waals surface area contributed by atoms with Crippen LogP contribution in [0, 0.1) is 0 Å². The molecule has 2 aromatic carbocycles. The molecule has 24 heavy (non-hydrogen) atoms. The molecule has 0 amide bonds. The fourth-order valence-electron chi connectivity index (χ4n) is 1.91. The molecule has 0 saturated heterocycles. The van der Waals surface area contributed by atoms with Gasteiger partial charge in [-0.05, 0) is 64.0 Å². The van der Waals surface area contributed by atoms with Crippen LogP contribution >= 0.6 is 15.9 Å². The molecule has 0 aromatic heterocycles. The van der Waals surface area contributed by atoms with E-state index in [2.05, 4.69) is 20.7 Å². The molecule has 0 heterocycles. The highest BCUT2D eigenvalue weighted by atomic mass is 79.9. The first kappa shape index (κ1) is 17.9. The minimum atomic E-state index is -2.91. The molecule has 0 aliphatic heterocycles. The van der Waals surface area contributed by atoms with Gasteiger partial charge < -0.3 is 14.6 Å². The van der Waals surface area contributed by atoms with Crippen LogP contribution < -0.4 is 9.47 Å². The fourth-order valence-corrected chi connectivity index (χ4v) is 2.37. The van der Waals surface area contributed by atoms with Gasteiger partial charge in [0.15, 0.2) is 17.3 Å². The molecule has 0 atom stereocenters. The quantitative estimate of drug-likeness (QED) is 0.567. The van der Waals surface area contributed by atoms with Crippen molar-refractivity contribution in [3.63, 3.8) is 0 Å². The maximum Gasteiger partial charge on any atom is 0.387 e. The molecule has 0 aliphatic carbocycles. The van der Waals surface area contributed by atoms with Crippen molar-refractivity contribution >= 4 is 27.8 Å². The third-order valence-corrected chi connectivity index (χ3v) is 3.67. The molecule has 0 saturated carbocycles. The van der Waals surface area contributed by atoms with Crippen LogP contribution in [0.5, 0.6) is 17.2 Å². The number of methoxy groups -OCH3 is 1. The van der Waals surface area contributed by atoms with E-state index in [-0.39, 0.29) is 23.0 Å². The summed E-state index contributed by atoms with van der Waals surface area (Å²) in [4.78, 5) is 12.1. The number of allylic oxidation sites excluding steroid dienone is 1. The molecule has 0 bridgehead atoms. The number of carbonyl (C=O) groups excluding carboxylic acids is 1. The van der Waals surface area contributed by atoms with Crippen molar-refractivity contribution in [2.75, 3.05) is 7.11 Å². The molecular formula is C17H13BrF2O4. The lowest BCUT2D eigenvalue weighted by Crippen LogP contribution is -2.02. The van der Waals surface area contributed by atoms with E-state index in [1.807, 2.05) is 0 Å². The van der Waals surface area contributed by atoms with Gasteiger partial charge in [-0.15, -0.1) is 0 Å². The molecule has 1 N–H and O–H groups in total. The number of benzene rings is 2. The van der Waals surface area contributed by atoms with Gasteiger partial charge in [-0.3, -0.25) is 4.79 Å². The molecule has 0 spiro atoms. The van der Waals surface area contributed by atoms with E-state index < -0.39 is 6.61 Å². The van der Waals surface area contributed by atoms with E-state index in [0.29, 0.717) is 15.6 Å². The molecular weight excluding hydrogens is 386 g/mol. The Bertz CT molecular complexity index is 758. The highest BCUT2D eigenvalue weighted by molar-refractivity contribution is 9.10. The van der Waals surface area contributed by atoms with Gasteiger partial charge >= 0.3 is 6.61 Å². The summed E-state index contributed by atoms with van der Waals surface area (Å²) in [6, 6.07) is 8.60. The largest absolute Gasteiger partial charge is 0.503 e. The van der Waals surface area contributed by atoms with Crippen molar-refractivity contribution in [3.05, 3.63) is 58.1 Å². The molecule has 0 radical (unpaired) electrons. The Kier molecular flexibility index (Phi) is 5.92. The highest BCUT2D eigenvalue weighted by Gasteiger charge is 2.09. The van der Waals surface area contributed by atoms with Crippen LogP contribution in [0.1, 0.15) is 15.9 Å². The maximum atomic E-state index is 12.1. The Hall–Kier alpha value is -2.41. The predicted octanol–water partition coefficient (Wildman–Crippen LogP) is 4.66. The molecule has 126 valence electrons. The standard InChI is InChI=1S/C17H13BrF2O4/c1-23-15-9-10(8-13(18)16(15)22)2-7-14(21)11-3-5-12(6-4-11)24-17(19)20/h2-9,17,22H,1H3/b7-2-. The Morgan fingerprint density at radius 2 is 1.92 bits per heavy atom. The van der Waals surface area contributed by atoms with Crippen LogP contribution in [-0.4, -0.2) is 24.6 Å². The molecule has 4 nitrogen and oxygen atoms in total. The van der Waals surface area contributed by atoms with Gasteiger partial charge in [-0.25, -0.2) is 0 Å². The molecule has 2 rings (SSSR count). The van der Waals surface area contributed by atoms with E-state index in [9.17, 15) is 18.7 Å². The average molecular weight is 399 g/mol. The summed E-state index contributed by atoms with van der Waals surface area (Å²) in [5, 5.41) is 9.74. The van der Waals surface area contributed by atoms with E-state index in [1.165, 1.54) is 37.5 Å². The number of hydrogen-bond donors (Lipinski definition) is 1. The van der Waals surface area contributed by atoms with Crippen LogP contribution in [0.4, 0.5) is 8.78 Å². The first-order chi connectivity index (χ1) is 11.4. The van der Waals surface area contributed by atoms with Gasteiger partial charge in [0.25, 0.3) is 0 Å². The lowest BCUT2D eigenvalue weighted by Gasteiger charge is -2.06. The van der Waals surface area contributed by atoms with Crippen LogP contribution in [-0.2, 0) is 0 Å². The van der Waals surface area contributed by atoms with Crippen LogP contribution in [0.2, 0.25) is 0 Å². The van der Waals surface area contributed by atoms with Gasteiger partial charge in [0.2, 0.25) is 0 Å². The number of carbonyl (C=O) groups is 1. The van der Waals surface area contributed by atoms with Gasteiger partial charge in [0.1, 0.15) is 5.75 Å². The van der Waals surface area contributed by atoms with Crippen molar-refractivity contribution < 1.29 is 28.2 Å². The predicted molar refractivity (Wildman–Crippen MR) is 88.8 cm³/mol. The Morgan fingerprint density at radius 3 is 2.50 bits per heavy atom. The topological polar surface area (TPSA) is 55.8 Å². The van der Waals surface area contributed by atoms with Crippen LogP contribution in [0.15, 0.2) is 46.9 Å². The Morgan fingerprint density at radius 1 is 1.25 bits per heavy atom. The molecule has 0 unspecified atom stereocenters. The third kappa shape index (κ3) is 4.55. The van der Waals surface area contributed by atoms with Crippen molar-refractivity contribution in [2.45, 2.75) is 6.61 Å². The molecule has 0 fully saturated rings. The lowest BCUT2D eigenvalue weighted by molar-refractivity contribution is -0.0498. The van der Waals surface area contributed by atoms with Gasteiger partial charge in [-0.2, -0.15) is 8.78 Å². The Balaban J connectivity index is 2.14. The zero-order valence-corrected chi connectivity index (χ0v) is 14.1. The number of halogens is 3. The second-order valence-corrected chi connectivity index (χ2v) is 5.51. The summed E-state index contributed by atoms with van der Waals surface area (Å²) in [7, 11) is 1.42. The summed E-state index contributed by atoms with van der Waals surface area (Å²) in [6.07, 6.45) is 2.89. The van der Waals surface area contributed by atoms with Gasteiger partial charge in [0.05, 0.1) is 11.6 Å². The summed E-state index contributed by atoms with van der Waals surface area (Å²) < 4.78 is 33.8. The molecule has 2 aromatic rings. The summed E-state index contributed by atoms with van der Waals surface area (Å²) in [5.41, 5.74) is 0.972. The maximum absolute atomic E-state index is 12.1. The molecule has 0 aliphatic rings. The van der Waals surface area contributed by atoms with Gasteiger partial charge in [-0.1, -0.05) is 6.08 Å². The van der Waals surface area contributed by atoms with Crippen molar-refractivity contribution in [1.82, 2.24) is 0 Å². The van der Waals surface area contributed by atoms with Crippen molar-refractivity contribution in [3.8, 4) is 17.2 Å². The summed E-state index contributed by atoms with van der Waals surface area (Å²) in [6.45, 7) is -2.91. The monoisotopic (exact) mass is 398 g/mol. The number of rotatable bonds is 6. The van der Waals surface area contributed by atoms with Crippen LogP contribution in [0.3, 0.4) is 0 Å². The van der Waals surface area contributed by atoms with Crippen molar-refractivity contribution in [1.29, 1.82) is 0 Å². The smallest absolute Gasteiger partial charge is 0.387 e. The number of ether oxygens (including phenoxy) is 2. The van der Waals surface area contributed by atoms with E-state index in [1.54, 1.807) is 18.2 Å². The summed E-state index contributed by atoms with van der Waals surface area (Å²) >= 11 is 3.19. The SMILES string of the molecule is COc1cc(/C=C\C(=O)c2ccc(OC(F)F)cc2)cc(Br)c1O. The van der Waals surface area contributed by atoms with E-state index >= 15 is 0 Å². The fraction of sp³-hybridized carbons (Fsp3) is 0.118. The zero-order chi connectivity index (χ0) is 17.7. The lowest BCUT2D eigenvalue weighted by atomic mass is 10.1. The van der Waals surface area contributed by atoms with Crippen molar-refractivity contribution in [2.24, 2.45) is 0 Å². The van der Waals surface area contributed by atoms with Crippen LogP contribution in [0.25, 0.3) is 6.08 Å². The van der Waals surface area contributed by atoms with E-state index in [0.717, 1.165) is 0 Å². The second-order valence-electron chi connectivity index (χ2n) is 4.65. The Labute approximate surface area is 145 Å². The summed E-state index contributed by atoms with van der Waals surface area (Å²) in [5.74, 6) is -0.0833. The first-order valence-electron chi connectivity index (χ1n) is 6.74. The number of hydrogen-bond acceptors (Lipinski definition) is 4. The molecule has 7 heteroatoms. The second kappa shape index (κ2) is 7.92. The number of alkyl halides is 2. The highest BCUT2D eigenvalue weighted by Crippen LogP contribution is 2.35. The number of phenols is 1. The van der Waals surface area contributed by atoms with E-state index in [4.69, 9.17) is 4.74 Å². The third-order valence-electron chi connectivity index (χ3n) is 3.06. The number of phenolic OH excluding ortho intramolecular Hbond substituents is 1. The number of ketones is 1. The number of aromatic hydroxyl groups is 1. The first-order valence-corrected chi connectivity index (χ1v) is 7.54. The average Bonchev–Trinajstić information content (AvgIpc) is 2.55. The normalized spacial score (nSPS) is 11.0. The minimum Gasteiger partial charge on any atom is -0.503 e. The zero-order valence-electron chi connectivity index (χ0n) is 12.5.